The number of benzene rings is 1. The lowest BCUT2D eigenvalue weighted by Gasteiger charge is -2.05. The molecular weight excluding hydrogens is 310 g/mol. The SMILES string of the molecule is Cc1ccc(NC(=O)c2nnc(C(C)C)o2)c(Br)c1. The van der Waals surface area contributed by atoms with Gasteiger partial charge in [0.25, 0.3) is 0 Å². The molecule has 0 aliphatic rings. The van der Waals surface area contributed by atoms with E-state index in [1.54, 1.807) is 0 Å². The molecule has 0 spiro atoms. The van der Waals surface area contributed by atoms with E-state index < -0.39 is 5.91 Å². The number of hydrogen-bond donors (Lipinski definition) is 1. The van der Waals surface area contributed by atoms with E-state index in [2.05, 4.69) is 31.4 Å². The standard InChI is InChI=1S/C13H14BrN3O2/c1-7(2)12-16-17-13(19-12)11(18)15-10-5-4-8(3)6-9(10)14/h4-7H,1-3H3,(H,15,18). The number of carbonyl (C=O) groups excluding carboxylic acids is 1. The number of amides is 1. The molecule has 1 amide bonds. The highest BCUT2D eigenvalue weighted by Gasteiger charge is 2.17. The number of aryl methyl sites for hydroxylation is 1. The lowest BCUT2D eigenvalue weighted by Crippen LogP contribution is -2.12. The van der Waals surface area contributed by atoms with Crippen LogP contribution in [0.4, 0.5) is 5.69 Å². The number of halogens is 1. The Hall–Kier alpha value is -1.69. The van der Waals surface area contributed by atoms with E-state index in [-0.39, 0.29) is 11.8 Å². The van der Waals surface area contributed by atoms with Gasteiger partial charge in [0.1, 0.15) is 0 Å². The van der Waals surface area contributed by atoms with E-state index in [4.69, 9.17) is 4.42 Å². The summed E-state index contributed by atoms with van der Waals surface area (Å²) in [6.07, 6.45) is 0. The highest BCUT2D eigenvalue weighted by atomic mass is 79.9. The van der Waals surface area contributed by atoms with Gasteiger partial charge in [-0.2, -0.15) is 0 Å². The maximum atomic E-state index is 12.0. The lowest BCUT2D eigenvalue weighted by atomic mass is 10.2. The van der Waals surface area contributed by atoms with Crippen LogP contribution in [0, 0.1) is 6.92 Å². The molecule has 6 heteroatoms. The molecule has 5 nitrogen and oxygen atoms in total. The summed E-state index contributed by atoms with van der Waals surface area (Å²) in [6.45, 7) is 5.82. The molecule has 2 rings (SSSR count). The van der Waals surface area contributed by atoms with Crippen molar-refractivity contribution in [3.05, 3.63) is 40.0 Å². The molecule has 19 heavy (non-hydrogen) atoms. The highest BCUT2D eigenvalue weighted by Crippen LogP contribution is 2.24. The van der Waals surface area contributed by atoms with E-state index in [0.717, 1.165) is 10.0 Å². The van der Waals surface area contributed by atoms with Crippen LogP contribution in [-0.2, 0) is 0 Å². The summed E-state index contributed by atoms with van der Waals surface area (Å²) < 4.78 is 6.10. The van der Waals surface area contributed by atoms with Crippen molar-refractivity contribution in [2.24, 2.45) is 0 Å². The first-order valence-corrected chi connectivity index (χ1v) is 6.67. The van der Waals surface area contributed by atoms with Crippen LogP contribution >= 0.6 is 15.9 Å². The van der Waals surface area contributed by atoms with Gasteiger partial charge in [0.2, 0.25) is 5.89 Å². The lowest BCUT2D eigenvalue weighted by molar-refractivity contribution is 0.0988. The maximum absolute atomic E-state index is 12.0. The largest absolute Gasteiger partial charge is 0.417 e. The van der Waals surface area contributed by atoms with Crippen LogP contribution in [0.3, 0.4) is 0 Å². The van der Waals surface area contributed by atoms with Crippen molar-refractivity contribution in [3.8, 4) is 0 Å². The van der Waals surface area contributed by atoms with Crippen molar-refractivity contribution in [3.63, 3.8) is 0 Å². The molecule has 0 saturated carbocycles. The Balaban J connectivity index is 2.16. The summed E-state index contributed by atoms with van der Waals surface area (Å²) in [6, 6.07) is 5.65. The zero-order chi connectivity index (χ0) is 14.0. The van der Waals surface area contributed by atoms with Gasteiger partial charge in [-0.05, 0) is 40.5 Å². The van der Waals surface area contributed by atoms with Crippen molar-refractivity contribution < 1.29 is 9.21 Å². The minimum atomic E-state index is -0.413. The summed E-state index contributed by atoms with van der Waals surface area (Å²) >= 11 is 3.40. The van der Waals surface area contributed by atoms with Gasteiger partial charge in [-0.15, -0.1) is 10.2 Å². The molecule has 0 radical (unpaired) electrons. The van der Waals surface area contributed by atoms with Crippen LogP contribution in [0.2, 0.25) is 0 Å². The Morgan fingerprint density at radius 2 is 2.11 bits per heavy atom. The van der Waals surface area contributed by atoms with Crippen LogP contribution in [0.15, 0.2) is 27.1 Å². The predicted molar refractivity (Wildman–Crippen MR) is 75.2 cm³/mol. The van der Waals surface area contributed by atoms with Gasteiger partial charge in [-0.3, -0.25) is 4.79 Å². The van der Waals surface area contributed by atoms with Crippen molar-refractivity contribution >= 4 is 27.5 Å². The summed E-state index contributed by atoms with van der Waals surface area (Å²) in [7, 11) is 0. The van der Waals surface area contributed by atoms with Crippen LogP contribution in [0.1, 0.15) is 41.9 Å². The summed E-state index contributed by atoms with van der Waals surface area (Å²) in [4.78, 5) is 12.0. The number of nitrogens with one attached hydrogen (secondary N) is 1. The Morgan fingerprint density at radius 1 is 1.37 bits per heavy atom. The molecule has 1 heterocycles. The van der Waals surface area contributed by atoms with Crippen LogP contribution < -0.4 is 5.32 Å². The fraction of sp³-hybridized carbons (Fsp3) is 0.308. The maximum Gasteiger partial charge on any atom is 0.313 e. The first-order valence-electron chi connectivity index (χ1n) is 5.88. The van der Waals surface area contributed by atoms with Gasteiger partial charge in [0.15, 0.2) is 0 Å². The number of nitrogens with zero attached hydrogens (tertiary/aromatic N) is 2. The van der Waals surface area contributed by atoms with Crippen molar-refractivity contribution in [2.75, 3.05) is 5.32 Å². The molecule has 0 fully saturated rings. The number of hydrogen-bond acceptors (Lipinski definition) is 4. The Kier molecular flexibility index (Phi) is 3.99. The van der Waals surface area contributed by atoms with Crippen LogP contribution in [0.25, 0.3) is 0 Å². The predicted octanol–water partition coefficient (Wildman–Crippen LogP) is 3.52. The third-order valence-electron chi connectivity index (χ3n) is 2.50. The molecular formula is C13H14BrN3O2. The second kappa shape index (κ2) is 5.52. The quantitative estimate of drug-likeness (QED) is 0.938. The highest BCUT2D eigenvalue weighted by molar-refractivity contribution is 9.10. The van der Waals surface area contributed by atoms with Crippen LogP contribution in [-0.4, -0.2) is 16.1 Å². The molecule has 2 aromatic rings. The fourth-order valence-electron chi connectivity index (χ4n) is 1.46. The van der Waals surface area contributed by atoms with E-state index in [0.29, 0.717) is 11.6 Å². The molecule has 0 bridgehead atoms. The number of carbonyl (C=O) groups is 1. The van der Waals surface area contributed by atoms with Gasteiger partial charge in [0.05, 0.1) is 5.69 Å². The molecule has 0 atom stereocenters. The second-order valence-electron chi connectivity index (χ2n) is 4.54. The van der Waals surface area contributed by atoms with Crippen molar-refractivity contribution in [1.29, 1.82) is 0 Å². The summed E-state index contributed by atoms with van der Waals surface area (Å²) in [5, 5.41) is 10.3. The molecule has 0 unspecified atom stereocenters. The third kappa shape index (κ3) is 3.20. The number of aromatic nitrogens is 2. The molecule has 1 N–H and O–H groups in total. The van der Waals surface area contributed by atoms with E-state index in [9.17, 15) is 4.79 Å². The van der Waals surface area contributed by atoms with E-state index >= 15 is 0 Å². The van der Waals surface area contributed by atoms with E-state index in [1.165, 1.54) is 0 Å². The van der Waals surface area contributed by atoms with Crippen molar-refractivity contribution in [1.82, 2.24) is 10.2 Å². The normalized spacial score (nSPS) is 10.8. The van der Waals surface area contributed by atoms with Gasteiger partial charge in [-0.1, -0.05) is 19.9 Å². The smallest absolute Gasteiger partial charge is 0.313 e. The Morgan fingerprint density at radius 3 is 2.68 bits per heavy atom. The molecule has 1 aromatic heterocycles. The average Bonchev–Trinajstić information content (AvgIpc) is 2.82. The molecule has 0 aliphatic heterocycles. The monoisotopic (exact) mass is 323 g/mol. The summed E-state index contributed by atoms with van der Waals surface area (Å²) in [5.41, 5.74) is 1.77. The zero-order valence-electron chi connectivity index (χ0n) is 10.9. The van der Waals surface area contributed by atoms with E-state index in [1.807, 2.05) is 39.0 Å². The van der Waals surface area contributed by atoms with Gasteiger partial charge >= 0.3 is 11.8 Å². The Labute approximate surface area is 119 Å². The summed E-state index contributed by atoms with van der Waals surface area (Å²) in [5.74, 6) is 0.105. The first kappa shape index (κ1) is 13.7. The second-order valence-corrected chi connectivity index (χ2v) is 5.39. The minimum absolute atomic E-state index is 0.0313. The van der Waals surface area contributed by atoms with Crippen molar-refractivity contribution in [2.45, 2.75) is 26.7 Å². The van der Waals surface area contributed by atoms with Gasteiger partial charge in [0, 0.05) is 10.4 Å². The molecule has 0 saturated heterocycles. The Bertz CT molecular complexity index is 608. The number of rotatable bonds is 3. The topological polar surface area (TPSA) is 68.0 Å². The van der Waals surface area contributed by atoms with Gasteiger partial charge in [-0.25, -0.2) is 0 Å². The van der Waals surface area contributed by atoms with Crippen LogP contribution in [0.5, 0.6) is 0 Å². The average molecular weight is 324 g/mol. The zero-order valence-corrected chi connectivity index (χ0v) is 12.5. The number of anilines is 1. The molecule has 0 aliphatic carbocycles. The molecule has 1 aromatic carbocycles. The van der Waals surface area contributed by atoms with Gasteiger partial charge < -0.3 is 9.73 Å². The fourth-order valence-corrected chi connectivity index (χ4v) is 2.05. The minimum Gasteiger partial charge on any atom is -0.417 e. The third-order valence-corrected chi connectivity index (χ3v) is 3.16. The first-order chi connectivity index (χ1) is 8.97. The molecule has 100 valence electrons.